The molecule has 1 aliphatic rings. The van der Waals surface area contributed by atoms with Gasteiger partial charge in [0, 0.05) is 11.1 Å². The molecule has 32 heavy (non-hydrogen) atoms. The maximum Gasteiger partial charge on any atom is 0.356 e. The van der Waals surface area contributed by atoms with Gasteiger partial charge in [-0.1, -0.05) is 18.2 Å². The summed E-state index contributed by atoms with van der Waals surface area (Å²) in [6, 6.07) is 9.12. The minimum absolute atomic E-state index is 0.0538. The van der Waals surface area contributed by atoms with Crippen LogP contribution in [0.5, 0.6) is 17.2 Å². The summed E-state index contributed by atoms with van der Waals surface area (Å²) in [5.74, 6) is -0.203. The number of benzene rings is 2. The van der Waals surface area contributed by atoms with E-state index in [4.69, 9.17) is 30.1 Å². The highest BCUT2D eigenvalue weighted by atomic mass is 16.5. The number of methoxy groups -OCH3 is 4. The maximum absolute atomic E-state index is 12.9. The number of nitrogens with one attached hydrogen (secondary N) is 3. The monoisotopic (exact) mass is 440 g/mol. The molecule has 10 nitrogen and oxygen atoms in total. The molecule has 1 atom stereocenters. The van der Waals surface area contributed by atoms with Gasteiger partial charge in [0.25, 0.3) is 5.91 Å². The average molecular weight is 440 g/mol. The predicted octanol–water partition coefficient (Wildman–Crippen LogP) is 1.30. The lowest BCUT2D eigenvalue weighted by molar-refractivity contribution is -0.138. The van der Waals surface area contributed by atoms with Crippen molar-refractivity contribution in [2.75, 3.05) is 28.4 Å². The Labute approximate surface area is 184 Å². The third kappa shape index (κ3) is 4.15. The van der Waals surface area contributed by atoms with Gasteiger partial charge in [0.2, 0.25) is 5.75 Å². The number of rotatable bonds is 7. The van der Waals surface area contributed by atoms with Crippen LogP contribution in [0.3, 0.4) is 0 Å². The fourth-order valence-corrected chi connectivity index (χ4v) is 3.37. The number of hydrogen-bond acceptors (Lipinski definition) is 8. The maximum atomic E-state index is 12.9. The van der Waals surface area contributed by atoms with Crippen molar-refractivity contribution < 1.29 is 28.5 Å². The molecule has 1 aliphatic heterocycles. The van der Waals surface area contributed by atoms with Crippen LogP contribution in [0.1, 0.15) is 22.7 Å². The quantitative estimate of drug-likeness (QED) is 0.286. The molecule has 0 bridgehead atoms. The van der Waals surface area contributed by atoms with Gasteiger partial charge in [-0.25, -0.2) is 4.79 Å². The first-order valence-electron chi connectivity index (χ1n) is 9.49. The highest BCUT2D eigenvalue weighted by molar-refractivity contribution is 6.05. The summed E-state index contributed by atoms with van der Waals surface area (Å²) < 4.78 is 21.0. The van der Waals surface area contributed by atoms with E-state index < -0.39 is 17.9 Å². The van der Waals surface area contributed by atoms with E-state index in [2.05, 4.69) is 10.6 Å². The lowest BCUT2D eigenvalue weighted by Gasteiger charge is -2.29. The molecule has 1 unspecified atom stereocenters. The largest absolute Gasteiger partial charge is 0.493 e. The van der Waals surface area contributed by atoms with Crippen LogP contribution < -0.4 is 30.6 Å². The summed E-state index contributed by atoms with van der Waals surface area (Å²) in [6.45, 7) is 0. The van der Waals surface area contributed by atoms with Crippen molar-refractivity contribution in [1.82, 2.24) is 10.6 Å². The molecular formula is C22H24N4O6. The Balaban J connectivity index is 2.14. The van der Waals surface area contributed by atoms with E-state index in [1.165, 1.54) is 28.4 Å². The van der Waals surface area contributed by atoms with E-state index in [1.807, 2.05) is 0 Å². The van der Waals surface area contributed by atoms with Crippen molar-refractivity contribution >= 4 is 23.4 Å². The summed E-state index contributed by atoms with van der Waals surface area (Å²) in [5, 5.41) is 13.4. The third-order valence-corrected chi connectivity index (χ3v) is 4.92. The van der Waals surface area contributed by atoms with Crippen molar-refractivity contribution in [2.24, 2.45) is 5.73 Å². The van der Waals surface area contributed by atoms with E-state index in [1.54, 1.807) is 36.4 Å². The van der Waals surface area contributed by atoms with Gasteiger partial charge < -0.3 is 35.3 Å². The van der Waals surface area contributed by atoms with E-state index >= 15 is 0 Å². The van der Waals surface area contributed by atoms with Crippen LogP contribution in [0.4, 0.5) is 0 Å². The zero-order chi connectivity index (χ0) is 23.4. The minimum atomic E-state index is -0.895. The molecule has 10 heteroatoms. The van der Waals surface area contributed by atoms with Crippen LogP contribution in [-0.4, -0.2) is 46.2 Å². The first-order valence-corrected chi connectivity index (χ1v) is 9.49. The summed E-state index contributed by atoms with van der Waals surface area (Å²) >= 11 is 0. The topological polar surface area (TPSA) is 145 Å². The van der Waals surface area contributed by atoms with E-state index in [0.29, 0.717) is 39.6 Å². The molecule has 0 saturated carbocycles. The molecule has 0 aliphatic carbocycles. The van der Waals surface area contributed by atoms with Gasteiger partial charge in [-0.2, -0.15) is 0 Å². The Morgan fingerprint density at radius 3 is 2.22 bits per heavy atom. The smallest absolute Gasteiger partial charge is 0.356 e. The number of ether oxygens (including phenoxy) is 4. The van der Waals surface area contributed by atoms with Crippen molar-refractivity contribution in [3.8, 4) is 17.2 Å². The lowest BCUT2D eigenvalue weighted by Crippen LogP contribution is -2.45. The summed E-state index contributed by atoms with van der Waals surface area (Å²) in [4.78, 5) is 25.3. The number of carbonyl (C=O) groups is 2. The molecule has 1 amide bonds. The van der Waals surface area contributed by atoms with Crippen LogP contribution in [0.25, 0.3) is 5.70 Å². The fourth-order valence-electron chi connectivity index (χ4n) is 3.37. The van der Waals surface area contributed by atoms with Gasteiger partial charge in [0.05, 0.1) is 34.1 Å². The second kappa shape index (κ2) is 9.29. The summed E-state index contributed by atoms with van der Waals surface area (Å²) in [6.07, 6.45) is 0. The first kappa shape index (κ1) is 22.5. The van der Waals surface area contributed by atoms with Gasteiger partial charge in [-0.15, -0.1) is 0 Å². The predicted molar refractivity (Wildman–Crippen MR) is 117 cm³/mol. The molecule has 0 aromatic heterocycles. The minimum Gasteiger partial charge on any atom is -0.493 e. The first-order chi connectivity index (χ1) is 15.3. The third-order valence-electron chi connectivity index (χ3n) is 4.92. The Morgan fingerprint density at radius 1 is 1.03 bits per heavy atom. The van der Waals surface area contributed by atoms with E-state index in [0.717, 1.165) is 0 Å². The number of nitrogens with two attached hydrogens (primary N) is 1. The van der Waals surface area contributed by atoms with Gasteiger partial charge in [-0.05, 0) is 23.8 Å². The van der Waals surface area contributed by atoms with Crippen molar-refractivity contribution in [1.29, 1.82) is 5.41 Å². The zero-order valence-electron chi connectivity index (χ0n) is 18.1. The van der Waals surface area contributed by atoms with Crippen LogP contribution in [-0.2, 0) is 14.3 Å². The van der Waals surface area contributed by atoms with Crippen LogP contribution in [0, 0.1) is 5.41 Å². The van der Waals surface area contributed by atoms with Crippen molar-refractivity contribution in [3.63, 3.8) is 0 Å². The fraction of sp³-hybridized carbons (Fsp3) is 0.227. The van der Waals surface area contributed by atoms with Gasteiger partial charge in [-0.3, -0.25) is 10.2 Å². The molecule has 168 valence electrons. The normalized spacial score (nSPS) is 15.4. The molecule has 0 radical (unpaired) electrons. The molecular weight excluding hydrogens is 416 g/mol. The lowest BCUT2D eigenvalue weighted by atomic mass is 9.98. The van der Waals surface area contributed by atoms with Crippen LogP contribution in [0.15, 0.2) is 42.1 Å². The Morgan fingerprint density at radius 2 is 1.69 bits per heavy atom. The molecule has 2 aromatic carbocycles. The SMILES string of the molecule is COC(=O)C1=C(c2cccc(C(=N)N)c2)NC(c2cc(OC)c(OC)c(OC)c2)C(=O)N1. The number of esters is 1. The van der Waals surface area contributed by atoms with Crippen LogP contribution >= 0.6 is 0 Å². The van der Waals surface area contributed by atoms with Crippen molar-refractivity contribution in [3.05, 3.63) is 58.8 Å². The number of carbonyl (C=O) groups excluding carboxylic acids is 2. The number of nitrogen functional groups attached to an aromatic ring is 1. The Kier molecular flexibility index (Phi) is 6.53. The summed E-state index contributed by atoms with van der Waals surface area (Å²) in [5.41, 5.74) is 7.39. The highest BCUT2D eigenvalue weighted by Crippen LogP contribution is 2.40. The summed E-state index contributed by atoms with van der Waals surface area (Å²) in [7, 11) is 5.65. The van der Waals surface area contributed by atoms with Crippen LogP contribution in [0.2, 0.25) is 0 Å². The second-order valence-electron chi connectivity index (χ2n) is 6.76. The van der Waals surface area contributed by atoms with E-state index in [-0.39, 0.29) is 11.5 Å². The average Bonchev–Trinajstić information content (AvgIpc) is 2.82. The molecule has 1 heterocycles. The van der Waals surface area contributed by atoms with Gasteiger partial charge in [0.1, 0.15) is 11.9 Å². The molecule has 0 saturated heterocycles. The molecule has 0 fully saturated rings. The van der Waals surface area contributed by atoms with E-state index in [9.17, 15) is 9.59 Å². The molecule has 5 N–H and O–H groups in total. The van der Waals surface area contributed by atoms with Gasteiger partial charge >= 0.3 is 5.97 Å². The second-order valence-corrected chi connectivity index (χ2v) is 6.76. The zero-order valence-corrected chi connectivity index (χ0v) is 18.1. The standard InChI is InChI=1S/C22H24N4O6/c1-29-14-9-13(10-15(30-2)19(14)31-3)17-21(27)26-18(22(28)32-4)16(25-17)11-6-5-7-12(8-11)20(23)24/h5-10,17,25H,1-4H3,(H3,23,24)(H,26,27). The highest BCUT2D eigenvalue weighted by Gasteiger charge is 2.34. The Hall–Kier alpha value is -4.21. The number of hydrogen-bond donors (Lipinski definition) is 4. The number of amidine groups is 1. The van der Waals surface area contributed by atoms with Gasteiger partial charge in [0.15, 0.2) is 17.2 Å². The van der Waals surface area contributed by atoms with Crippen molar-refractivity contribution in [2.45, 2.75) is 6.04 Å². The Bertz CT molecular complexity index is 1090. The molecule has 2 aromatic rings. The number of amides is 1. The molecule has 0 spiro atoms. The molecule has 3 rings (SSSR count).